The number of likely N-dealkylation sites (tertiary alicyclic amines) is 1. The van der Waals surface area contributed by atoms with Gasteiger partial charge in [0.1, 0.15) is 5.60 Å². The molecule has 0 unspecified atom stereocenters. The summed E-state index contributed by atoms with van der Waals surface area (Å²) < 4.78 is 5.48. The summed E-state index contributed by atoms with van der Waals surface area (Å²) in [5.41, 5.74) is -0.396. The first-order chi connectivity index (χ1) is 8.96. The topological polar surface area (TPSA) is 41.6 Å². The summed E-state index contributed by atoms with van der Waals surface area (Å²) >= 11 is 0. The Morgan fingerprint density at radius 2 is 2.00 bits per heavy atom. The van der Waals surface area contributed by atoms with Gasteiger partial charge in [0.05, 0.1) is 0 Å². The average molecular weight is 268 g/mol. The van der Waals surface area contributed by atoms with Gasteiger partial charge in [0.25, 0.3) is 0 Å². The summed E-state index contributed by atoms with van der Waals surface area (Å²) in [6.45, 7) is 8.61. The molecule has 2 aliphatic rings. The molecule has 0 aromatic carbocycles. The lowest BCUT2D eigenvalue weighted by atomic mass is 9.86. The first-order valence-corrected chi connectivity index (χ1v) is 7.67. The number of rotatable bonds is 1. The second-order valence-electron chi connectivity index (χ2n) is 6.89. The molecule has 0 radical (unpaired) electrons. The molecule has 2 aliphatic heterocycles. The van der Waals surface area contributed by atoms with Crippen molar-refractivity contribution in [3.05, 3.63) is 0 Å². The number of hydrogen-bond donors (Lipinski definition) is 1. The van der Waals surface area contributed by atoms with Crippen LogP contribution in [-0.4, -0.2) is 42.3 Å². The molecule has 0 aromatic heterocycles. The largest absolute Gasteiger partial charge is 0.444 e. The summed E-state index contributed by atoms with van der Waals surface area (Å²) in [6, 6.07) is 0.596. The van der Waals surface area contributed by atoms with Gasteiger partial charge in [-0.2, -0.15) is 0 Å². The number of amides is 1. The second kappa shape index (κ2) is 6.12. The van der Waals surface area contributed by atoms with Crippen molar-refractivity contribution < 1.29 is 9.53 Å². The minimum Gasteiger partial charge on any atom is -0.444 e. The van der Waals surface area contributed by atoms with E-state index in [1.54, 1.807) is 0 Å². The van der Waals surface area contributed by atoms with Crippen LogP contribution in [0.5, 0.6) is 0 Å². The molecule has 2 saturated heterocycles. The number of nitrogens with one attached hydrogen (secondary N) is 1. The van der Waals surface area contributed by atoms with Crippen molar-refractivity contribution in [1.82, 2.24) is 10.2 Å². The fourth-order valence-electron chi connectivity index (χ4n) is 3.11. The molecular weight excluding hydrogens is 240 g/mol. The van der Waals surface area contributed by atoms with E-state index in [2.05, 4.69) is 5.32 Å². The maximum atomic E-state index is 12.1. The van der Waals surface area contributed by atoms with E-state index in [0.717, 1.165) is 26.1 Å². The van der Waals surface area contributed by atoms with E-state index in [1.165, 1.54) is 25.7 Å². The lowest BCUT2D eigenvalue weighted by molar-refractivity contribution is 0.0138. The Kier molecular flexibility index (Phi) is 4.71. The highest BCUT2D eigenvalue weighted by atomic mass is 16.6. The third-order valence-corrected chi connectivity index (χ3v) is 4.03. The van der Waals surface area contributed by atoms with Crippen molar-refractivity contribution in [2.24, 2.45) is 5.92 Å². The van der Waals surface area contributed by atoms with E-state index in [-0.39, 0.29) is 6.09 Å². The van der Waals surface area contributed by atoms with Crippen LogP contribution in [0.4, 0.5) is 4.79 Å². The van der Waals surface area contributed by atoms with Crippen molar-refractivity contribution in [2.75, 3.05) is 19.6 Å². The van der Waals surface area contributed by atoms with Crippen LogP contribution in [0.25, 0.3) is 0 Å². The molecule has 19 heavy (non-hydrogen) atoms. The van der Waals surface area contributed by atoms with Crippen LogP contribution in [0.15, 0.2) is 0 Å². The van der Waals surface area contributed by atoms with Gasteiger partial charge in [0.2, 0.25) is 0 Å². The van der Waals surface area contributed by atoms with Gasteiger partial charge in [0.15, 0.2) is 0 Å². The maximum Gasteiger partial charge on any atom is 0.410 e. The molecule has 4 nitrogen and oxygen atoms in total. The zero-order valence-electron chi connectivity index (χ0n) is 12.6. The molecule has 1 amide bonds. The van der Waals surface area contributed by atoms with Crippen molar-refractivity contribution in [1.29, 1.82) is 0 Å². The molecule has 0 aliphatic carbocycles. The molecule has 2 heterocycles. The Hall–Kier alpha value is -0.770. The highest BCUT2D eigenvalue weighted by Crippen LogP contribution is 2.25. The van der Waals surface area contributed by atoms with E-state index in [0.29, 0.717) is 12.0 Å². The number of carbonyl (C=O) groups is 1. The molecule has 4 heteroatoms. The van der Waals surface area contributed by atoms with Crippen molar-refractivity contribution in [3.63, 3.8) is 0 Å². The number of hydrogen-bond acceptors (Lipinski definition) is 3. The fourth-order valence-corrected chi connectivity index (χ4v) is 3.11. The predicted molar refractivity (Wildman–Crippen MR) is 76.2 cm³/mol. The molecular formula is C15H28N2O2. The van der Waals surface area contributed by atoms with E-state index in [4.69, 9.17) is 4.74 Å². The molecule has 2 atom stereocenters. The third-order valence-electron chi connectivity index (χ3n) is 4.03. The van der Waals surface area contributed by atoms with Crippen LogP contribution in [0.3, 0.4) is 0 Å². The average Bonchev–Trinajstić information content (AvgIpc) is 2.38. The van der Waals surface area contributed by atoms with Gasteiger partial charge in [-0.05, 0) is 58.9 Å². The molecule has 0 spiro atoms. The van der Waals surface area contributed by atoms with Gasteiger partial charge >= 0.3 is 6.09 Å². The van der Waals surface area contributed by atoms with Crippen LogP contribution in [0.1, 0.15) is 52.9 Å². The van der Waals surface area contributed by atoms with Gasteiger partial charge < -0.3 is 15.0 Å². The van der Waals surface area contributed by atoms with E-state index in [1.807, 2.05) is 25.7 Å². The predicted octanol–water partition coefficient (Wildman–Crippen LogP) is 2.78. The highest BCUT2D eigenvalue weighted by molar-refractivity contribution is 5.68. The van der Waals surface area contributed by atoms with Crippen LogP contribution in [-0.2, 0) is 4.74 Å². The first kappa shape index (κ1) is 14.6. The smallest absolute Gasteiger partial charge is 0.410 e. The summed E-state index contributed by atoms with van der Waals surface area (Å²) in [4.78, 5) is 14.0. The van der Waals surface area contributed by atoms with Gasteiger partial charge in [-0.3, -0.25) is 0 Å². The fraction of sp³-hybridized carbons (Fsp3) is 0.933. The highest BCUT2D eigenvalue weighted by Gasteiger charge is 2.31. The van der Waals surface area contributed by atoms with Crippen LogP contribution < -0.4 is 5.32 Å². The van der Waals surface area contributed by atoms with E-state index in [9.17, 15) is 4.79 Å². The van der Waals surface area contributed by atoms with Crippen LogP contribution >= 0.6 is 0 Å². The molecule has 1 N–H and O–H groups in total. The lowest BCUT2D eigenvalue weighted by Crippen LogP contribution is -2.50. The minimum atomic E-state index is -0.396. The summed E-state index contributed by atoms with van der Waals surface area (Å²) in [7, 11) is 0. The number of piperidine rings is 2. The number of carbonyl (C=O) groups excluding carboxylic acids is 1. The Morgan fingerprint density at radius 1 is 1.21 bits per heavy atom. The lowest BCUT2D eigenvalue weighted by Gasteiger charge is -2.39. The zero-order chi connectivity index (χ0) is 13.9. The van der Waals surface area contributed by atoms with E-state index >= 15 is 0 Å². The van der Waals surface area contributed by atoms with Crippen LogP contribution in [0, 0.1) is 5.92 Å². The maximum absolute atomic E-state index is 12.1. The van der Waals surface area contributed by atoms with E-state index < -0.39 is 5.60 Å². The molecule has 2 fully saturated rings. The zero-order valence-corrected chi connectivity index (χ0v) is 12.6. The molecule has 2 rings (SSSR count). The Morgan fingerprint density at radius 3 is 2.63 bits per heavy atom. The second-order valence-corrected chi connectivity index (χ2v) is 6.89. The number of nitrogens with zero attached hydrogens (tertiary/aromatic N) is 1. The Bertz CT molecular complexity index is 306. The first-order valence-electron chi connectivity index (χ1n) is 7.67. The Labute approximate surface area is 116 Å². The van der Waals surface area contributed by atoms with Gasteiger partial charge in [-0.15, -0.1) is 0 Å². The van der Waals surface area contributed by atoms with Gasteiger partial charge in [0, 0.05) is 19.1 Å². The molecule has 0 bridgehead atoms. The van der Waals surface area contributed by atoms with Crippen molar-refractivity contribution in [2.45, 2.75) is 64.5 Å². The SMILES string of the molecule is CC(C)(C)OC(=O)N1CCC[C@H]([C@@H]2CCCCN2)C1. The molecule has 0 saturated carbocycles. The van der Waals surface area contributed by atoms with Crippen molar-refractivity contribution >= 4 is 6.09 Å². The minimum absolute atomic E-state index is 0.145. The normalized spacial score (nSPS) is 29.1. The molecule has 0 aromatic rings. The molecule has 110 valence electrons. The van der Waals surface area contributed by atoms with Gasteiger partial charge in [-0.1, -0.05) is 6.42 Å². The third kappa shape index (κ3) is 4.37. The summed E-state index contributed by atoms with van der Waals surface area (Å²) in [5.74, 6) is 0.599. The van der Waals surface area contributed by atoms with Crippen molar-refractivity contribution in [3.8, 4) is 0 Å². The summed E-state index contributed by atoms with van der Waals surface area (Å²) in [6.07, 6.45) is 6.05. The Balaban J connectivity index is 1.87. The monoisotopic (exact) mass is 268 g/mol. The van der Waals surface area contributed by atoms with Crippen LogP contribution in [0.2, 0.25) is 0 Å². The quantitative estimate of drug-likeness (QED) is 0.795. The van der Waals surface area contributed by atoms with Gasteiger partial charge in [-0.25, -0.2) is 4.79 Å². The summed E-state index contributed by atoms with van der Waals surface area (Å²) in [5, 5.41) is 3.62. The standard InChI is InChI=1S/C15H28N2O2/c1-15(2,3)19-14(18)17-10-6-7-12(11-17)13-8-4-5-9-16-13/h12-13,16H,4-11H2,1-3H3/t12-,13-/m0/s1. The number of ether oxygens (including phenoxy) is 1.